The van der Waals surface area contributed by atoms with Crippen molar-refractivity contribution >= 4 is 0 Å². The first-order valence-corrected chi connectivity index (χ1v) is 10.9. The quantitative estimate of drug-likeness (QED) is 0.383. The van der Waals surface area contributed by atoms with Gasteiger partial charge in [0, 0.05) is 0 Å². The van der Waals surface area contributed by atoms with Gasteiger partial charge in [0.05, 0.1) is 0 Å². The molecule has 3 nitrogen and oxygen atoms in total. The summed E-state index contributed by atoms with van der Waals surface area (Å²) < 4.78 is 1.61. The van der Waals surface area contributed by atoms with Crippen molar-refractivity contribution in [2.24, 2.45) is 0 Å². The summed E-state index contributed by atoms with van der Waals surface area (Å²) in [6.45, 7) is 20.2. The maximum absolute atomic E-state index is 10.6. The summed E-state index contributed by atoms with van der Waals surface area (Å²) in [6.07, 6.45) is 14.3. The van der Waals surface area contributed by atoms with E-state index < -0.39 is 16.8 Å². The molecule has 152 valence electrons. The Hall–Kier alpha value is -0.550. The van der Waals surface area contributed by atoms with E-state index in [-0.39, 0.29) is 0 Å². The average Bonchev–Trinajstić information content (AvgIpc) is 2.87. The van der Waals surface area contributed by atoms with Crippen LogP contribution in [0.2, 0.25) is 0 Å². The van der Waals surface area contributed by atoms with Gasteiger partial charge in [0.1, 0.15) is 0 Å². The minimum absolute atomic E-state index is 0.549. The van der Waals surface area contributed by atoms with Crippen LogP contribution in [0.3, 0.4) is 0 Å². The van der Waals surface area contributed by atoms with Crippen LogP contribution < -0.4 is 15.3 Å². The van der Waals surface area contributed by atoms with Crippen LogP contribution in [0.4, 0.5) is 0 Å². The molecule has 1 aliphatic carbocycles. The van der Waals surface area contributed by atoms with E-state index in [0.29, 0.717) is 19.3 Å². The Labute approximate surface area is 182 Å². The summed E-state index contributed by atoms with van der Waals surface area (Å²) in [7, 11) is 0. The van der Waals surface area contributed by atoms with Gasteiger partial charge in [-0.25, -0.2) is 0 Å². The van der Waals surface area contributed by atoms with Crippen molar-refractivity contribution in [3.8, 4) is 0 Å². The second-order valence-corrected chi connectivity index (χ2v) is 10.4. The van der Waals surface area contributed by atoms with E-state index >= 15 is 0 Å². The molecule has 0 N–H and O–H groups in total. The zero-order valence-corrected chi connectivity index (χ0v) is 21.7. The van der Waals surface area contributed by atoms with Crippen LogP contribution in [0.5, 0.6) is 0 Å². The fourth-order valence-electron chi connectivity index (χ4n) is 1.49. The molecule has 27 heavy (non-hydrogen) atoms. The molecular weight excluding hydrogens is 503 g/mol. The monoisotopic (exact) mass is 542 g/mol. The summed E-state index contributed by atoms with van der Waals surface area (Å²) in [6, 6.07) is 0. The molecule has 0 saturated heterocycles. The van der Waals surface area contributed by atoms with Crippen molar-refractivity contribution in [3.05, 3.63) is 59.5 Å². The van der Waals surface area contributed by atoms with E-state index in [0.717, 1.165) is 0 Å². The number of hydrogen-bond acceptors (Lipinski definition) is 3. The summed E-state index contributed by atoms with van der Waals surface area (Å²) in [5.41, 5.74) is -2.45. The Morgan fingerprint density at radius 1 is 0.815 bits per heavy atom. The van der Waals surface area contributed by atoms with Gasteiger partial charge < -0.3 is 15.3 Å². The Morgan fingerprint density at radius 2 is 1.11 bits per heavy atom. The zero-order valence-electron chi connectivity index (χ0n) is 18.1. The number of allylic oxidation sites excluding steroid dienone is 4. The second-order valence-electron chi connectivity index (χ2n) is 8.08. The number of hydrogen-bond donors (Lipinski definition) is 0. The van der Waals surface area contributed by atoms with Crippen LogP contribution in [-0.4, -0.2) is 16.8 Å². The summed E-state index contributed by atoms with van der Waals surface area (Å²) in [5, 5.41) is 31.9. The third-order valence-electron chi connectivity index (χ3n) is 2.68. The van der Waals surface area contributed by atoms with Crippen LogP contribution in [0, 0.1) is 0 Å². The molecule has 0 aromatic rings. The van der Waals surface area contributed by atoms with Crippen molar-refractivity contribution in [1.29, 1.82) is 0 Å². The van der Waals surface area contributed by atoms with Gasteiger partial charge in [-0.1, -0.05) is 59.8 Å². The van der Waals surface area contributed by atoms with E-state index in [1.54, 1.807) is 63.1 Å². The molecule has 0 radical (unpaired) electrons. The molecule has 0 bridgehead atoms. The molecule has 0 aromatic carbocycles. The van der Waals surface area contributed by atoms with E-state index in [1.165, 1.54) is 30.8 Å². The third-order valence-corrected chi connectivity index (χ3v) is 4.01. The maximum atomic E-state index is 10.6. The molecule has 0 amide bonds. The Morgan fingerprint density at radius 3 is 1.15 bits per heavy atom. The van der Waals surface area contributed by atoms with Crippen LogP contribution in [-0.2, 0) is 24.4 Å². The normalized spacial score (nSPS) is 12.9. The van der Waals surface area contributed by atoms with Crippen molar-refractivity contribution in [1.82, 2.24) is 0 Å². The molecule has 0 unspecified atom stereocenters. The minimum atomic E-state index is -0.818. The molecule has 4 heteroatoms. The Balaban J connectivity index is -0.000000285. The zero-order chi connectivity index (χ0) is 22.1. The topological polar surface area (TPSA) is 69.2 Å². The first-order chi connectivity index (χ1) is 12.1. The van der Waals surface area contributed by atoms with E-state index in [4.69, 9.17) is 0 Å². The predicted molar refractivity (Wildman–Crippen MR) is 109 cm³/mol. The molecule has 1 aliphatic rings. The van der Waals surface area contributed by atoms with Crippen molar-refractivity contribution < 1.29 is 39.7 Å². The van der Waals surface area contributed by atoms with Crippen molar-refractivity contribution in [2.45, 2.75) is 84.0 Å². The van der Waals surface area contributed by atoms with Crippen LogP contribution in [0.25, 0.3) is 0 Å². The predicted octanol–water partition coefficient (Wildman–Crippen LogP) is 3.48. The molecule has 0 atom stereocenters. The molecule has 0 saturated carbocycles. The van der Waals surface area contributed by atoms with Crippen molar-refractivity contribution in [2.75, 3.05) is 0 Å². The first kappa shape index (κ1) is 31.2. The van der Waals surface area contributed by atoms with E-state index in [9.17, 15) is 15.3 Å². The van der Waals surface area contributed by atoms with Crippen molar-refractivity contribution in [3.63, 3.8) is 0 Å². The molecule has 0 fully saturated rings. The summed E-state index contributed by atoms with van der Waals surface area (Å²) in [5.74, 6) is 0. The fourth-order valence-corrected chi connectivity index (χ4v) is 2.26. The summed E-state index contributed by atoms with van der Waals surface area (Å²) >= 11 is 1.25. The van der Waals surface area contributed by atoms with Gasteiger partial charge in [0.25, 0.3) is 0 Å². The fraction of sp³-hybridized carbons (Fsp3) is 0.565. The van der Waals surface area contributed by atoms with Gasteiger partial charge in [-0.2, -0.15) is 0 Å². The van der Waals surface area contributed by atoms with Gasteiger partial charge in [0.2, 0.25) is 0 Å². The van der Waals surface area contributed by atoms with Crippen LogP contribution in [0.15, 0.2) is 59.5 Å². The Kier molecular flexibility index (Phi) is 18.9. The van der Waals surface area contributed by atoms with Gasteiger partial charge in [0.15, 0.2) is 0 Å². The van der Waals surface area contributed by atoms with Crippen LogP contribution >= 0.6 is 0 Å². The summed E-state index contributed by atoms with van der Waals surface area (Å²) in [4.78, 5) is 0. The molecule has 0 spiro atoms. The van der Waals surface area contributed by atoms with E-state index in [2.05, 4.69) is 38.0 Å². The van der Waals surface area contributed by atoms with Gasteiger partial charge in [-0.3, -0.25) is 0 Å². The first-order valence-electron chi connectivity index (χ1n) is 9.09. The SMILES string of the molecule is C=CCC(C)(C)[O-].C=CCC(C)(C)[O-].C=CCC(C)(C)[O-].[Hf+3][C]1=CC=CC1. The number of rotatable bonds is 6. The molecular formula is C23H38HfO3. The van der Waals surface area contributed by atoms with Crippen LogP contribution in [0.1, 0.15) is 67.2 Å². The molecule has 0 aromatic heterocycles. The Bertz CT molecular complexity index is 408. The molecule has 1 rings (SSSR count). The molecule has 0 aliphatic heterocycles. The standard InChI is InChI=1S/3C6H11O.C5H5.Hf/c3*1-4-5-6(2,3)7;1-2-4-5-3-1;/h3*4H,1,5H2,2-3H3;1-3H,4H2;/q3*-1;;+3. The van der Waals surface area contributed by atoms with Gasteiger partial charge in [-0.05, 0) is 19.3 Å². The van der Waals surface area contributed by atoms with Gasteiger partial charge in [-0.15, -0.1) is 36.5 Å². The van der Waals surface area contributed by atoms with Gasteiger partial charge >= 0.3 is 52.4 Å². The molecule has 0 heterocycles. The second kappa shape index (κ2) is 16.4. The third kappa shape index (κ3) is 41.1. The van der Waals surface area contributed by atoms with E-state index in [1.807, 2.05) is 0 Å². The average molecular weight is 541 g/mol.